The van der Waals surface area contributed by atoms with Gasteiger partial charge in [0.2, 0.25) is 0 Å². The zero-order valence-corrected chi connectivity index (χ0v) is 13.4. The van der Waals surface area contributed by atoms with Crippen molar-refractivity contribution in [2.24, 2.45) is 0 Å². The first-order valence-electron chi connectivity index (χ1n) is 7.35. The maximum absolute atomic E-state index is 11.5. The van der Waals surface area contributed by atoms with E-state index in [1.54, 1.807) is 6.08 Å². The van der Waals surface area contributed by atoms with Crippen LogP contribution in [0, 0.1) is 0 Å². The lowest BCUT2D eigenvalue weighted by atomic mass is 9.93. The molecule has 118 valence electrons. The lowest BCUT2D eigenvalue weighted by Gasteiger charge is -2.32. The van der Waals surface area contributed by atoms with E-state index in [1.165, 1.54) is 18.6 Å². The molecule has 4 nitrogen and oxygen atoms in total. The third-order valence-electron chi connectivity index (χ3n) is 3.77. The molecule has 1 aliphatic rings. The predicted molar refractivity (Wildman–Crippen MR) is 86.5 cm³/mol. The number of ketones is 1. The van der Waals surface area contributed by atoms with Gasteiger partial charge in [-0.25, -0.2) is 0 Å². The summed E-state index contributed by atoms with van der Waals surface area (Å²) in [5.74, 6) is -0.485. The minimum Gasteiger partial charge on any atom is -0.507 e. The van der Waals surface area contributed by atoms with Crippen molar-refractivity contribution in [3.8, 4) is 17.2 Å². The zero-order valence-electron chi connectivity index (χ0n) is 13.4. The fourth-order valence-electron chi connectivity index (χ4n) is 2.57. The second kappa shape index (κ2) is 5.87. The topological polar surface area (TPSA) is 66.8 Å². The molecular weight excluding hydrogens is 280 g/mol. The normalized spacial score (nSPS) is 19.3. The molecule has 0 amide bonds. The fourth-order valence-corrected chi connectivity index (χ4v) is 2.57. The van der Waals surface area contributed by atoms with Gasteiger partial charge in [0.05, 0.1) is 5.56 Å². The number of rotatable bonds is 4. The molecule has 1 aromatic rings. The molecule has 22 heavy (non-hydrogen) atoms. The second-order valence-electron chi connectivity index (χ2n) is 6.16. The van der Waals surface area contributed by atoms with Gasteiger partial charge >= 0.3 is 0 Å². The Morgan fingerprint density at radius 3 is 2.59 bits per heavy atom. The third-order valence-corrected chi connectivity index (χ3v) is 3.77. The molecule has 0 aliphatic carbocycles. The Labute approximate surface area is 130 Å². The zero-order chi connectivity index (χ0) is 16.5. The SMILES string of the molecule is CC(=O)c1c(O)cc2c(c1O)C=CC(C)(CCC=C(C)C)O2. The number of fused-ring (bicyclic) bond motifs is 1. The van der Waals surface area contributed by atoms with E-state index in [-0.39, 0.29) is 22.8 Å². The molecule has 1 aliphatic heterocycles. The molecule has 0 spiro atoms. The fraction of sp³-hybridized carbons (Fsp3) is 0.389. The summed E-state index contributed by atoms with van der Waals surface area (Å²) >= 11 is 0. The van der Waals surface area contributed by atoms with Crippen molar-refractivity contribution in [2.75, 3.05) is 0 Å². The quantitative estimate of drug-likeness (QED) is 0.646. The monoisotopic (exact) mass is 302 g/mol. The van der Waals surface area contributed by atoms with Gasteiger partial charge in [0.15, 0.2) is 5.78 Å². The minimum atomic E-state index is -0.504. The van der Waals surface area contributed by atoms with Gasteiger partial charge in [-0.05, 0) is 52.7 Å². The largest absolute Gasteiger partial charge is 0.507 e. The van der Waals surface area contributed by atoms with Crippen molar-refractivity contribution in [1.29, 1.82) is 0 Å². The standard InChI is InChI=1S/C18H22O4/c1-11(2)6-5-8-18(4)9-7-13-15(22-18)10-14(20)16(12(3)19)17(13)21/h6-7,9-10,20-21H,5,8H2,1-4H3. The first-order chi connectivity index (χ1) is 10.2. The molecule has 2 N–H and O–H groups in total. The van der Waals surface area contributed by atoms with Crippen LogP contribution in [-0.4, -0.2) is 21.6 Å². The van der Waals surface area contributed by atoms with E-state index in [2.05, 4.69) is 19.9 Å². The van der Waals surface area contributed by atoms with Gasteiger partial charge in [-0.3, -0.25) is 4.79 Å². The number of aromatic hydroxyl groups is 2. The van der Waals surface area contributed by atoms with Gasteiger partial charge in [-0.2, -0.15) is 0 Å². The van der Waals surface area contributed by atoms with Crippen LogP contribution in [0.25, 0.3) is 6.08 Å². The Hall–Kier alpha value is -2.23. The first-order valence-corrected chi connectivity index (χ1v) is 7.35. The van der Waals surface area contributed by atoms with E-state index < -0.39 is 5.60 Å². The van der Waals surface area contributed by atoms with Crippen molar-refractivity contribution < 1.29 is 19.7 Å². The van der Waals surface area contributed by atoms with E-state index in [4.69, 9.17) is 4.74 Å². The number of hydrogen-bond donors (Lipinski definition) is 2. The number of phenols is 2. The molecule has 0 fully saturated rings. The van der Waals surface area contributed by atoms with Gasteiger partial charge < -0.3 is 14.9 Å². The second-order valence-corrected chi connectivity index (χ2v) is 6.16. The van der Waals surface area contributed by atoms with Crippen LogP contribution < -0.4 is 4.74 Å². The molecule has 0 bridgehead atoms. The number of phenolic OH excluding ortho intramolecular Hbond substituents is 2. The van der Waals surface area contributed by atoms with Crippen molar-refractivity contribution in [2.45, 2.75) is 46.1 Å². The van der Waals surface area contributed by atoms with Gasteiger partial charge in [0.25, 0.3) is 0 Å². The number of hydrogen-bond acceptors (Lipinski definition) is 4. The molecule has 0 aromatic heterocycles. The van der Waals surface area contributed by atoms with Crippen molar-refractivity contribution in [1.82, 2.24) is 0 Å². The molecule has 1 unspecified atom stereocenters. The van der Waals surface area contributed by atoms with E-state index in [0.29, 0.717) is 11.3 Å². The molecule has 1 heterocycles. The molecule has 1 atom stereocenters. The van der Waals surface area contributed by atoms with Crippen LogP contribution in [0.5, 0.6) is 17.2 Å². The van der Waals surface area contributed by atoms with E-state index in [1.807, 2.05) is 13.0 Å². The highest BCUT2D eigenvalue weighted by atomic mass is 16.5. The summed E-state index contributed by atoms with van der Waals surface area (Å²) in [4.78, 5) is 11.5. The third kappa shape index (κ3) is 3.16. The van der Waals surface area contributed by atoms with E-state index in [9.17, 15) is 15.0 Å². The van der Waals surface area contributed by atoms with Crippen molar-refractivity contribution >= 4 is 11.9 Å². The molecule has 1 aromatic carbocycles. The Balaban J connectivity index is 2.33. The lowest BCUT2D eigenvalue weighted by Crippen LogP contribution is -2.31. The predicted octanol–water partition coefficient (Wildman–Crippen LogP) is 4.21. The number of carbonyl (C=O) groups excluding carboxylic acids is 1. The highest BCUT2D eigenvalue weighted by Gasteiger charge is 2.30. The van der Waals surface area contributed by atoms with Gasteiger partial charge in [-0.15, -0.1) is 0 Å². The average molecular weight is 302 g/mol. The number of ether oxygens (including phenoxy) is 1. The summed E-state index contributed by atoms with van der Waals surface area (Å²) in [7, 11) is 0. The van der Waals surface area contributed by atoms with Crippen molar-refractivity contribution in [3.63, 3.8) is 0 Å². The molecule has 0 saturated heterocycles. The number of allylic oxidation sites excluding steroid dienone is 2. The van der Waals surface area contributed by atoms with E-state index in [0.717, 1.165) is 12.8 Å². The number of benzene rings is 1. The van der Waals surface area contributed by atoms with Crippen molar-refractivity contribution in [3.05, 3.63) is 34.9 Å². The summed E-state index contributed by atoms with van der Waals surface area (Å²) in [6, 6.07) is 1.40. The van der Waals surface area contributed by atoms with Crippen LogP contribution in [0.1, 0.15) is 56.5 Å². The van der Waals surface area contributed by atoms with Gasteiger partial charge in [-0.1, -0.05) is 11.6 Å². The maximum atomic E-state index is 11.5. The molecule has 4 heteroatoms. The summed E-state index contributed by atoms with van der Waals surface area (Å²) < 4.78 is 5.95. The van der Waals surface area contributed by atoms with Gasteiger partial charge in [0.1, 0.15) is 28.4 Å². The number of carbonyl (C=O) groups is 1. The highest BCUT2D eigenvalue weighted by molar-refractivity contribution is 6.01. The molecule has 0 radical (unpaired) electrons. The summed E-state index contributed by atoms with van der Waals surface area (Å²) in [5.41, 5.74) is 1.11. The van der Waals surface area contributed by atoms with Crippen LogP contribution >= 0.6 is 0 Å². The number of Topliss-reactive ketones (excluding diaryl/α,β-unsaturated/α-hetero) is 1. The van der Waals surface area contributed by atoms with E-state index >= 15 is 0 Å². The lowest BCUT2D eigenvalue weighted by molar-refractivity contribution is 0.101. The maximum Gasteiger partial charge on any atom is 0.167 e. The van der Waals surface area contributed by atoms with Crippen LogP contribution in [0.3, 0.4) is 0 Å². The van der Waals surface area contributed by atoms with Crippen LogP contribution in [0.15, 0.2) is 23.8 Å². The molecule has 0 saturated carbocycles. The van der Waals surface area contributed by atoms with Crippen LogP contribution in [0.2, 0.25) is 0 Å². The smallest absolute Gasteiger partial charge is 0.167 e. The van der Waals surface area contributed by atoms with Crippen LogP contribution in [-0.2, 0) is 0 Å². The minimum absolute atomic E-state index is 0.0693. The molecule has 2 rings (SSSR count). The van der Waals surface area contributed by atoms with Gasteiger partial charge in [0, 0.05) is 6.07 Å². The summed E-state index contributed by atoms with van der Waals surface area (Å²) in [6.45, 7) is 7.36. The molecular formula is C18H22O4. The average Bonchev–Trinajstić information content (AvgIpc) is 2.36. The summed E-state index contributed by atoms with van der Waals surface area (Å²) in [6.07, 6.45) is 7.44. The van der Waals surface area contributed by atoms with Crippen LogP contribution in [0.4, 0.5) is 0 Å². The highest BCUT2D eigenvalue weighted by Crippen LogP contribution is 2.43. The first kappa shape index (κ1) is 16.1. The Bertz CT molecular complexity index is 666. The Morgan fingerprint density at radius 2 is 2.00 bits per heavy atom. The Kier molecular flexibility index (Phi) is 4.31. The summed E-state index contributed by atoms with van der Waals surface area (Å²) in [5, 5.41) is 20.1. The Morgan fingerprint density at radius 1 is 1.32 bits per heavy atom.